The van der Waals surface area contributed by atoms with Gasteiger partial charge in [-0.05, 0) is 11.5 Å². The highest BCUT2D eigenvalue weighted by Gasteiger charge is 2.28. The number of amides is 2. The van der Waals surface area contributed by atoms with Crippen LogP contribution >= 0.6 is 0 Å². The van der Waals surface area contributed by atoms with Gasteiger partial charge in [0.1, 0.15) is 18.7 Å². The van der Waals surface area contributed by atoms with Crippen LogP contribution in [0.2, 0.25) is 0 Å². The minimum absolute atomic E-state index is 0.0634. The Morgan fingerprint density at radius 2 is 1.84 bits per heavy atom. The monoisotopic (exact) mass is 346 g/mol. The third kappa shape index (κ3) is 6.96. The van der Waals surface area contributed by atoms with E-state index < -0.39 is 30.1 Å². The van der Waals surface area contributed by atoms with Crippen LogP contribution in [0.4, 0.5) is 4.79 Å². The van der Waals surface area contributed by atoms with Gasteiger partial charge in [-0.3, -0.25) is 4.79 Å². The first-order valence-corrected chi connectivity index (χ1v) is 7.79. The second-order valence-electron chi connectivity index (χ2n) is 5.74. The van der Waals surface area contributed by atoms with Crippen molar-refractivity contribution >= 4 is 18.0 Å². The zero-order valence-corrected chi connectivity index (χ0v) is 14.2. The van der Waals surface area contributed by atoms with E-state index >= 15 is 0 Å². The largest absolute Gasteiger partial charge is 0.480 e. The number of terminal acetylenes is 1. The van der Waals surface area contributed by atoms with Crippen molar-refractivity contribution in [3.05, 3.63) is 35.9 Å². The highest BCUT2D eigenvalue weighted by Crippen LogP contribution is 2.05. The average Bonchev–Trinajstić information content (AvgIpc) is 2.57. The number of nitrogens with one attached hydrogen (secondary N) is 2. The van der Waals surface area contributed by atoms with Crippen molar-refractivity contribution in [3.8, 4) is 12.3 Å². The molecule has 1 aromatic rings. The van der Waals surface area contributed by atoms with Gasteiger partial charge in [0.15, 0.2) is 0 Å². The van der Waals surface area contributed by atoms with Gasteiger partial charge < -0.3 is 20.5 Å². The van der Waals surface area contributed by atoms with E-state index in [-0.39, 0.29) is 18.9 Å². The summed E-state index contributed by atoms with van der Waals surface area (Å²) in [6.07, 6.45) is 4.19. The lowest BCUT2D eigenvalue weighted by Gasteiger charge is -2.23. The molecule has 0 spiro atoms. The maximum Gasteiger partial charge on any atom is 0.408 e. The van der Waals surface area contributed by atoms with Gasteiger partial charge >= 0.3 is 12.1 Å². The van der Waals surface area contributed by atoms with Crippen molar-refractivity contribution in [2.24, 2.45) is 5.92 Å². The molecule has 0 aliphatic heterocycles. The summed E-state index contributed by atoms with van der Waals surface area (Å²) < 4.78 is 5.08. The maximum absolute atomic E-state index is 12.3. The fourth-order valence-electron chi connectivity index (χ4n) is 2.01. The molecule has 0 aliphatic carbocycles. The van der Waals surface area contributed by atoms with Gasteiger partial charge in [0.05, 0.1) is 0 Å². The van der Waals surface area contributed by atoms with Crippen LogP contribution in [0.15, 0.2) is 30.3 Å². The van der Waals surface area contributed by atoms with Crippen LogP contribution in [0.25, 0.3) is 0 Å². The zero-order valence-electron chi connectivity index (χ0n) is 14.2. The number of carbonyl (C=O) groups is 3. The summed E-state index contributed by atoms with van der Waals surface area (Å²) in [4.78, 5) is 35.3. The van der Waals surface area contributed by atoms with Crippen molar-refractivity contribution in [1.29, 1.82) is 0 Å². The second kappa shape index (κ2) is 9.98. The normalized spacial score (nSPS) is 12.6. The number of carbonyl (C=O) groups excluding carboxylic acids is 2. The lowest BCUT2D eigenvalue weighted by molar-refractivity contribution is -0.142. The van der Waals surface area contributed by atoms with E-state index in [0.717, 1.165) is 5.56 Å². The number of aliphatic carboxylic acids is 1. The minimum atomic E-state index is -1.24. The molecule has 0 fully saturated rings. The predicted octanol–water partition coefficient (Wildman–Crippen LogP) is 1.53. The van der Waals surface area contributed by atoms with Gasteiger partial charge in [0, 0.05) is 6.42 Å². The Kier molecular flexibility index (Phi) is 8.00. The van der Waals surface area contributed by atoms with E-state index in [9.17, 15) is 14.4 Å². The summed E-state index contributed by atoms with van der Waals surface area (Å²) in [7, 11) is 0. The summed E-state index contributed by atoms with van der Waals surface area (Å²) in [5.74, 6) is 0.0548. The van der Waals surface area contributed by atoms with Gasteiger partial charge in [0.25, 0.3) is 0 Å². The van der Waals surface area contributed by atoms with Crippen LogP contribution in [0.5, 0.6) is 0 Å². The fourth-order valence-corrected chi connectivity index (χ4v) is 2.01. The van der Waals surface area contributed by atoms with Crippen LogP contribution in [-0.2, 0) is 20.9 Å². The van der Waals surface area contributed by atoms with Crippen LogP contribution in [0.3, 0.4) is 0 Å². The molecule has 1 rings (SSSR count). The molecule has 134 valence electrons. The van der Waals surface area contributed by atoms with Crippen molar-refractivity contribution in [1.82, 2.24) is 10.6 Å². The SMILES string of the molecule is C#CC[C@H](NC(=O)[C@@H](NC(=O)OCc1ccccc1)C(C)C)C(=O)O. The van der Waals surface area contributed by atoms with E-state index in [1.165, 1.54) is 0 Å². The van der Waals surface area contributed by atoms with Gasteiger partial charge in [0.2, 0.25) is 5.91 Å². The minimum Gasteiger partial charge on any atom is -0.480 e. The lowest BCUT2D eigenvalue weighted by atomic mass is 10.0. The van der Waals surface area contributed by atoms with E-state index in [4.69, 9.17) is 16.3 Å². The van der Waals surface area contributed by atoms with Crippen LogP contribution in [0.1, 0.15) is 25.8 Å². The number of carboxylic acid groups (broad SMARTS) is 1. The molecule has 0 bridgehead atoms. The van der Waals surface area contributed by atoms with Gasteiger partial charge in [-0.15, -0.1) is 12.3 Å². The molecule has 0 aromatic heterocycles. The standard InChI is InChI=1S/C18H22N2O5/c1-4-8-14(17(22)23)19-16(21)15(12(2)3)20-18(24)25-11-13-9-6-5-7-10-13/h1,5-7,9-10,12,14-15H,8,11H2,2-3H3,(H,19,21)(H,20,24)(H,22,23)/t14-,15-/m0/s1. The molecular weight excluding hydrogens is 324 g/mol. The number of hydrogen-bond acceptors (Lipinski definition) is 4. The number of ether oxygens (including phenoxy) is 1. The number of hydrogen-bond donors (Lipinski definition) is 3. The van der Waals surface area contributed by atoms with Gasteiger partial charge in [-0.25, -0.2) is 9.59 Å². The van der Waals surface area contributed by atoms with Crippen molar-refractivity contribution < 1.29 is 24.2 Å². The highest BCUT2D eigenvalue weighted by atomic mass is 16.5. The Morgan fingerprint density at radius 3 is 2.36 bits per heavy atom. The van der Waals surface area contributed by atoms with Crippen LogP contribution in [-0.4, -0.2) is 35.2 Å². The molecule has 7 nitrogen and oxygen atoms in total. The van der Waals surface area contributed by atoms with E-state index in [1.54, 1.807) is 26.0 Å². The number of rotatable bonds is 8. The first-order chi connectivity index (χ1) is 11.8. The third-order valence-corrected chi connectivity index (χ3v) is 3.37. The molecule has 0 heterocycles. The molecule has 0 unspecified atom stereocenters. The fraction of sp³-hybridized carbons (Fsp3) is 0.389. The van der Waals surface area contributed by atoms with E-state index in [2.05, 4.69) is 16.6 Å². The number of alkyl carbamates (subject to hydrolysis) is 1. The molecule has 3 N–H and O–H groups in total. The molecule has 0 radical (unpaired) electrons. The Morgan fingerprint density at radius 1 is 1.20 bits per heavy atom. The molecule has 1 aromatic carbocycles. The molecule has 2 atom stereocenters. The second-order valence-corrected chi connectivity index (χ2v) is 5.74. The third-order valence-electron chi connectivity index (χ3n) is 3.37. The Hall–Kier alpha value is -3.01. The summed E-state index contributed by atoms with van der Waals surface area (Å²) in [6, 6.07) is 6.94. The molecule has 0 aliphatic rings. The number of carboxylic acids is 1. The van der Waals surface area contributed by atoms with Crippen molar-refractivity contribution in [3.63, 3.8) is 0 Å². The molecule has 25 heavy (non-hydrogen) atoms. The average molecular weight is 346 g/mol. The molecular formula is C18H22N2O5. The van der Waals surface area contributed by atoms with Crippen LogP contribution in [0, 0.1) is 18.3 Å². The highest BCUT2D eigenvalue weighted by molar-refractivity contribution is 5.89. The number of benzene rings is 1. The van der Waals surface area contributed by atoms with Gasteiger partial charge in [-0.2, -0.15) is 0 Å². The van der Waals surface area contributed by atoms with Gasteiger partial charge in [-0.1, -0.05) is 44.2 Å². The maximum atomic E-state index is 12.3. The first kappa shape index (κ1) is 20.0. The summed E-state index contributed by atoms with van der Waals surface area (Å²) >= 11 is 0. The van der Waals surface area contributed by atoms with E-state index in [1.807, 2.05) is 18.2 Å². The topological polar surface area (TPSA) is 105 Å². The van der Waals surface area contributed by atoms with Crippen LogP contribution < -0.4 is 10.6 Å². The molecule has 0 saturated heterocycles. The zero-order chi connectivity index (χ0) is 18.8. The van der Waals surface area contributed by atoms with Crippen molar-refractivity contribution in [2.75, 3.05) is 0 Å². The summed E-state index contributed by atoms with van der Waals surface area (Å²) in [6.45, 7) is 3.51. The molecule has 2 amide bonds. The predicted molar refractivity (Wildman–Crippen MR) is 91.4 cm³/mol. The summed E-state index contributed by atoms with van der Waals surface area (Å²) in [5, 5.41) is 13.8. The Labute approximate surface area is 146 Å². The Balaban J connectivity index is 2.63. The molecule has 7 heteroatoms. The first-order valence-electron chi connectivity index (χ1n) is 7.79. The van der Waals surface area contributed by atoms with Crippen molar-refractivity contribution in [2.45, 2.75) is 39.0 Å². The quantitative estimate of drug-likeness (QED) is 0.619. The smallest absolute Gasteiger partial charge is 0.408 e. The Bertz CT molecular complexity index is 637. The van der Waals surface area contributed by atoms with E-state index in [0.29, 0.717) is 0 Å². The molecule has 0 saturated carbocycles. The lowest BCUT2D eigenvalue weighted by Crippen LogP contribution is -2.53. The summed E-state index contributed by atoms with van der Waals surface area (Å²) in [5.41, 5.74) is 0.808.